The molecule has 2 aromatic heterocycles. The Labute approximate surface area is 98.2 Å². The number of hydrogen-bond donors (Lipinski definition) is 1. The summed E-state index contributed by atoms with van der Waals surface area (Å²) in [5, 5.41) is 4.03. The van der Waals surface area contributed by atoms with Gasteiger partial charge in [0.1, 0.15) is 11.6 Å². The molecule has 2 aromatic rings. The third-order valence-corrected chi connectivity index (χ3v) is 2.81. The normalized spacial score (nSPS) is 12.4. The van der Waals surface area contributed by atoms with Crippen LogP contribution in [0.15, 0.2) is 12.3 Å². The van der Waals surface area contributed by atoms with Gasteiger partial charge in [0.25, 0.3) is 0 Å². The summed E-state index contributed by atoms with van der Waals surface area (Å²) in [5.74, 6) is 1.55. The van der Waals surface area contributed by atoms with Crippen molar-refractivity contribution in [2.24, 2.45) is 0 Å². The van der Waals surface area contributed by atoms with Crippen LogP contribution in [0.2, 0.25) is 0 Å². The lowest BCUT2D eigenvalue weighted by atomic mass is 10.3. The maximum absolute atomic E-state index is 4.36. The lowest BCUT2D eigenvalue weighted by Gasteiger charge is -2.10. The van der Waals surface area contributed by atoms with Crippen LogP contribution in [0.1, 0.15) is 30.3 Å². The molecular formula is C10H13N5S. The highest BCUT2D eigenvalue weighted by molar-refractivity contribution is 7.09. The van der Waals surface area contributed by atoms with Crippen LogP contribution >= 0.6 is 11.5 Å². The molecule has 0 amide bonds. The van der Waals surface area contributed by atoms with E-state index in [2.05, 4.69) is 24.6 Å². The zero-order valence-electron chi connectivity index (χ0n) is 9.43. The maximum atomic E-state index is 4.36. The monoisotopic (exact) mass is 235 g/mol. The lowest BCUT2D eigenvalue weighted by molar-refractivity contribution is 0.778. The van der Waals surface area contributed by atoms with E-state index in [0.717, 1.165) is 22.5 Å². The molecule has 0 spiro atoms. The highest BCUT2D eigenvalue weighted by Gasteiger charge is 2.10. The smallest absolute Gasteiger partial charge is 0.203 e. The van der Waals surface area contributed by atoms with Crippen LogP contribution in [0.5, 0.6) is 0 Å². The number of anilines is 1. The Morgan fingerprint density at radius 1 is 1.31 bits per heavy atom. The highest BCUT2D eigenvalue weighted by atomic mass is 32.1. The Balaban J connectivity index is 2.11. The summed E-state index contributed by atoms with van der Waals surface area (Å²) >= 11 is 1.35. The lowest BCUT2D eigenvalue weighted by Crippen LogP contribution is -2.10. The van der Waals surface area contributed by atoms with Gasteiger partial charge in [-0.05, 0) is 26.8 Å². The van der Waals surface area contributed by atoms with Crippen molar-refractivity contribution < 1.29 is 0 Å². The number of nitrogens with zero attached hydrogens (tertiary/aromatic N) is 4. The van der Waals surface area contributed by atoms with Crippen molar-refractivity contribution >= 4 is 16.7 Å². The van der Waals surface area contributed by atoms with E-state index >= 15 is 0 Å². The Hall–Kier alpha value is -1.56. The van der Waals surface area contributed by atoms with Crippen LogP contribution in [-0.2, 0) is 0 Å². The molecule has 0 fully saturated rings. The first-order chi connectivity index (χ1) is 7.65. The fraction of sp³-hybridized carbons (Fsp3) is 0.400. The third kappa shape index (κ3) is 2.52. The second-order valence-electron chi connectivity index (χ2n) is 3.57. The van der Waals surface area contributed by atoms with Crippen molar-refractivity contribution in [2.75, 3.05) is 5.32 Å². The van der Waals surface area contributed by atoms with Gasteiger partial charge in [-0.15, -0.1) is 0 Å². The molecule has 0 saturated heterocycles. The summed E-state index contributed by atoms with van der Waals surface area (Å²) in [7, 11) is 0. The summed E-state index contributed by atoms with van der Waals surface area (Å²) < 4.78 is 4.11. The van der Waals surface area contributed by atoms with Gasteiger partial charge in [-0.1, -0.05) is 0 Å². The largest absolute Gasteiger partial charge is 0.351 e. The minimum Gasteiger partial charge on any atom is -0.351 e. The van der Waals surface area contributed by atoms with Crippen molar-refractivity contribution in [3.8, 4) is 0 Å². The number of hydrogen-bond acceptors (Lipinski definition) is 6. The van der Waals surface area contributed by atoms with E-state index in [-0.39, 0.29) is 6.04 Å². The number of aryl methyl sites for hydroxylation is 2. The van der Waals surface area contributed by atoms with Crippen LogP contribution < -0.4 is 5.32 Å². The van der Waals surface area contributed by atoms with Gasteiger partial charge in [0.05, 0.1) is 6.04 Å². The number of nitrogens with one attached hydrogen (secondary N) is 1. The second kappa shape index (κ2) is 4.52. The molecule has 1 N–H and O–H groups in total. The Morgan fingerprint density at radius 3 is 2.75 bits per heavy atom. The maximum Gasteiger partial charge on any atom is 0.203 e. The summed E-state index contributed by atoms with van der Waals surface area (Å²) in [6.45, 7) is 5.83. The SMILES string of the molecule is Cc1ccnc([C@H](C)Nc2nc(C)ns2)n1. The molecule has 2 rings (SSSR count). The van der Waals surface area contributed by atoms with Gasteiger partial charge < -0.3 is 5.32 Å². The molecule has 0 aliphatic rings. The van der Waals surface area contributed by atoms with E-state index in [0.29, 0.717) is 0 Å². The molecule has 0 aliphatic carbocycles. The molecule has 2 heterocycles. The molecule has 0 saturated carbocycles. The second-order valence-corrected chi connectivity index (χ2v) is 4.32. The summed E-state index contributed by atoms with van der Waals surface area (Å²) in [4.78, 5) is 12.8. The number of aromatic nitrogens is 4. The number of rotatable bonds is 3. The van der Waals surface area contributed by atoms with Crippen molar-refractivity contribution in [3.05, 3.63) is 29.6 Å². The van der Waals surface area contributed by atoms with Gasteiger partial charge in [-0.2, -0.15) is 4.37 Å². The molecule has 6 heteroatoms. The summed E-state index contributed by atoms with van der Waals surface area (Å²) in [6.07, 6.45) is 1.77. The molecule has 1 atom stereocenters. The van der Waals surface area contributed by atoms with E-state index in [1.165, 1.54) is 11.5 Å². The van der Waals surface area contributed by atoms with Crippen LogP contribution in [0, 0.1) is 13.8 Å². The predicted molar refractivity (Wildman–Crippen MR) is 63.5 cm³/mol. The van der Waals surface area contributed by atoms with Gasteiger partial charge in [-0.3, -0.25) is 0 Å². The van der Waals surface area contributed by atoms with Crippen molar-refractivity contribution in [2.45, 2.75) is 26.8 Å². The topological polar surface area (TPSA) is 63.6 Å². The van der Waals surface area contributed by atoms with E-state index in [4.69, 9.17) is 0 Å². The van der Waals surface area contributed by atoms with Gasteiger partial charge in [0.15, 0.2) is 0 Å². The van der Waals surface area contributed by atoms with Crippen molar-refractivity contribution in [1.29, 1.82) is 0 Å². The molecular weight excluding hydrogens is 222 g/mol. The first-order valence-electron chi connectivity index (χ1n) is 5.01. The van der Waals surface area contributed by atoms with E-state index < -0.39 is 0 Å². The van der Waals surface area contributed by atoms with Gasteiger partial charge >= 0.3 is 0 Å². The standard InChI is InChI=1S/C10H13N5S/c1-6-4-5-11-9(12-6)7(2)13-10-14-8(3)15-16-10/h4-5,7H,1-3H3,(H,13,14,15)/t7-/m0/s1. The first kappa shape index (κ1) is 10.9. The molecule has 84 valence electrons. The molecule has 0 radical (unpaired) electrons. The summed E-state index contributed by atoms with van der Waals surface area (Å²) in [5.41, 5.74) is 0.965. The average Bonchev–Trinajstić information content (AvgIpc) is 2.64. The van der Waals surface area contributed by atoms with E-state index in [1.807, 2.05) is 26.8 Å². The quantitative estimate of drug-likeness (QED) is 0.882. The third-order valence-electron chi connectivity index (χ3n) is 2.07. The molecule has 0 aromatic carbocycles. The molecule has 0 unspecified atom stereocenters. The van der Waals surface area contributed by atoms with Gasteiger partial charge in [0, 0.05) is 23.4 Å². The van der Waals surface area contributed by atoms with Gasteiger partial charge in [0.2, 0.25) is 5.13 Å². The predicted octanol–water partition coefficient (Wildman–Crippen LogP) is 2.12. The Kier molecular flexibility index (Phi) is 3.09. The minimum atomic E-state index is 0.0345. The zero-order chi connectivity index (χ0) is 11.5. The fourth-order valence-corrected chi connectivity index (χ4v) is 1.94. The summed E-state index contributed by atoms with van der Waals surface area (Å²) in [6, 6.07) is 1.91. The van der Waals surface area contributed by atoms with Crippen LogP contribution in [0.3, 0.4) is 0 Å². The Morgan fingerprint density at radius 2 is 2.12 bits per heavy atom. The van der Waals surface area contributed by atoms with Crippen molar-refractivity contribution in [3.63, 3.8) is 0 Å². The van der Waals surface area contributed by atoms with Crippen LogP contribution in [0.25, 0.3) is 0 Å². The highest BCUT2D eigenvalue weighted by Crippen LogP contribution is 2.17. The van der Waals surface area contributed by atoms with Crippen LogP contribution in [-0.4, -0.2) is 19.3 Å². The van der Waals surface area contributed by atoms with Crippen LogP contribution in [0.4, 0.5) is 5.13 Å². The van der Waals surface area contributed by atoms with E-state index in [9.17, 15) is 0 Å². The van der Waals surface area contributed by atoms with Crippen molar-refractivity contribution in [1.82, 2.24) is 19.3 Å². The zero-order valence-corrected chi connectivity index (χ0v) is 10.2. The average molecular weight is 235 g/mol. The van der Waals surface area contributed by atoms with E-state index in [1.54, 1.807) is 6.20 Å². The Bertz CT molecular complexity index is 482. The fourth-order valence-electron chi connectivity index (χ4n) is 1.28. The molecule has 0 aliphatic heterocycles. The minimum absolute atomic E-state index is 0.0345. The molecule has 0 bridgehead atoms. The first-order valence-corrected chi connectivity index (χ1v) is 5.79. The molecule has 16 heavy (non-hydrogen) atoms. The van der Waals surface area contributed by atoms with Gasteiger partial charge in [-0.25, -0.2) is 15.0 Å². The molecule has 5 nitrogen and oxygen atoms in total.